The highest BCUT2D eigenvalue weighted by atomic mass is 35.5. The molecule has 4 rings (SSSR count). The molecule has 0 aliphatic heterocycles. The fraction of sp³-hybridized carbons (Fsp3) is 0.304. The highest BCUT2D eigenvalue weighted by Gasteiger charge is 2.29. The van der Waals surface area contributed by atoms with E-state index in [0.29, 0.717) is 38.0 Å². The van der Waals surface area contributed by atoms with Crippen LogP contribution in [0.3, 0.4) is 0 Å². The number of rotatable bonds is 5. The number of halogens is 2. The van der Waals surface area contributed by atoms with Crippen molar-refractivity contribution in [2.45, 2.75) is 41.7 Å². The highest BCUT2D eigenvalue weighted by Crippen LogP contribution is 2.42. The lowest BCUT2D eigenvalue weighted by atomic mass is 9.89. The van der Waals surface area contributed by atoms with Crippen LogP contribution in [0.15, 0.2) is 51.8 Å². The van der Waals surface area contributed by atoms with Crippen LogP contribution in [-0.4, -0.2) is 40.3 Å². The molecule has 1 aliphatic rings. The van der Waals surface area contributed by atoms with Crippen molar-refractivity contribution in [3.8, 4) is 22.6 Å². The van der Waals surface area contributed by atoms with Crippen molar-refractivity contribution in [2.75, 3.05) is 7.05 Å². The second kappa shape index (κ2) is 10.5. The van der Waals surface area contributed by atoms with Crippen LogP contribution in [0.25, 0.3) is 22.6 Å². The molecule has 2 aromatic carbocycles. The van der Waals surface area contributed by atoms with Gasteiger partial charge >= 0.3 is 0 Å². The summed E-state index contributed by atoms with van der Waals surface area (Å²) in [4.78, 5) is 4.75. The molecule has 35 heavy (non-hydrogen) atoms. The predicted molar refractivity (Wildman–Crippen MR) is 138 cm³/mol. The molecular weight excluding hydrogens is 533 g/mol. The van der Waals surface area contributed by atoms with Gasteiger partial charge in [-0.1, -0.05) is 35.6 Å². The van der Waals surface area contributed by atoms with Crippen molar-refractivity contribution in [2.24, 2.45) is 5.14 Å². The zero-order valence-corrected chi connectivity index (χ0v) is 21.9. The van der Waals surface area contributed by atoms with E-state index in [4.69, 9.17) is 38.4 Å². The molecule has 3 aromatic rings. The monoisotopic (exact) mass is 555 g/mol. The number of aromatic nitrogens is 1. The van der Waals surface area contributed by atoms with Gasteiger partial charge in [0.25, 0.3) is 0 Å². The van der Waals surface area contributed by atoms with Gasteiger partial charge in [0.05, 0.1) is 9.92 Å². The number of primary sulfonamides is 1. The average Bonchev–Trinajstić information content (AvgIpc) is 3.26. The Balaban J connectivity index is 1.65. The number of benzene rings is 2. The Morgan fingerprint density at radius 2 is 1.83 bits per heavy atom. The van der Waals surface area contributed by atoms with Crippen molar-refractivity contribution in [3.63, 3.8) is 0 Å². The number of oxazole rings is 1. The van der Waals surface area contributed by atoms with E-state index in [0.717, 1.165) is 30.7 Å². The lowest BCUT2D eigenvalue weighted by Crippen LogP contribution is -2.23. The van der Waals surface area contributed by atoms with Crippen LogP contribution in [-0.2, 0) is 10.0 Å². The standard InChI is InChI=1S/C23H23ClFN3O4S3/c1-28(29)23(33)34-16-7-2-14(3-8-16)22-27-20(15-6-11-19(25)18(24)12-15)21(32-22)13-4-9-17(10-5-13)35(26,30)31/h4-6,9-12,14,16,29H,2-3,7-8H2,1H3,(H2,26,30,31). The van der Waals surface area contributed by atoms with Crippen LogP contribution in [0.5, 0.6) is 0 Å². The van der Waals surface area contributed by atoms with Crippen molar-refractivity contribution in [1.29, 1.82) is 0 Å². The van der Waals surface area contributed by atoms with E-state index in [2.05, 4.69) is 0 Å². The third-order valence-corrected chi connectivity index (χ3v) is 8.88. The molecule has 186 valence electrons. The molecule has 0 unspecified atom stereocenters. The van der Waals surface area contributed by atoms with E-state index in [9.17, 15) is 18.0 Å². The molecule has 1 heterocycles. The summed E-state index contributed by atoms with van der Waals surface area (Å²) in [6.07, 6.45) is 3.40. The van der Waals surface area contributed by atoms with E-state index in [1.54, 1.807) is 18.2 Å². The third-order valence-electron chi connectivity index (χ3n) is 5.84. The lowest BCUT2D eigenvalue weighted by molar-refractivity contribution is 0.0204. The summed E-state index contributed by atoms with van der Waals surface area (Å²) >= 11 is 12.7. The number of hydrogen-bond acceptors (Lipinski definition) is 7. The van der Waals surface area contributed by atoms with E-state index in [1.807, 2.05) is 0 Å². The maximum absolute atomic E-state index is 13.8. The number of hydrogen-bond donors (Lipinski definition) is 2. The van der Waals surface area contributed by atoms with Gasteiger partial charge in [-0.05, 0) is 68.1 Å². The van der Waals surface area contributed by atoms with Gasteiger partial charge in [-0.25, -0.2) is 28.0 Å². The fourth-order valence-corrected chi connectivity index (χ4v) is 6.04. The smallest absolute Gasteiger partial charge is 0.238 e. The second-order valence-electron chi connectivity index (χ2n) is 8.31. The van der Waals surface area contributed by atoms with Crippen LogP contribution in [0.2, 0.25) is 5.02 Å². The molecule has 0 saturated heterocycles. The largest absolute Gasteiger partial charge is 0.440 e. The van der Waals surface area contributed by atoms with E-state index in [1.165, 1.54) is 43.1 Å². The summed E-state index contributed by atoms with van der Waals surface area (Å²) in [5, 5.41) is 15.9. The van der Waals surface area contributed by atoms with Crippen LogP contribution in [0.1, 0.15) is 37.5 Å². The molecule has 0 atom stereocenters. The predicted octanol–water partition coefficient (Wildman–Crippen LogP) is 5.81. The Bertz CT molecular complexity index is 1340. The molecule has 0 radical (unpaired) electrons. The van der Waals surface area contributed by atoms with Gasteiger partial charge in [0, 0.05) is 29.3 Å². The van der Waals surface area contributed by atoms with Crippen molar-refractivity contribution in [1.82, 2.24) is 10.0 Å². The van der Waals surface area contributed by atoms with Crippen molar-refractivity contribution < 1.29 is 22.4 Å². The fourth-order valence-electron chi connectivity index (χ4n) is 3.99. The number of nitrogens with zero attached hydrogens (tertiary/aromatic N) is 2. The molecule has 1 aliphatic carbocycles. The topological polar surface area (TPSA) is 110 Å². The molecule has 0 amide bonds. The van der Waals surface area contributed by atoms with Gasteiger partial charge in [-0.3, -0.25) is 5.21 Å². The Hall–Kier alpha value is -2.02. The van der Waals surface area contributed by atoms with E-state index < -0.39 is 15.8 Å². The van der Waals surface area contributed by atoms with Gasteiger partial charge in [0.15, 0.2) is 16.0 Å². The summed E-state index contributed by atoms with van der Waals surface area (Å²) in [7, 11) is -2.33. The quantitative estimate of drug-likeness (QED) is 0.299. The summed E-state index contributed by atoms with van der Waals surface area (Å²) in [5.41, 5.74) is 1.68. The summed E-state index contributed by atoms with van der Waals surface area (Å²) in [5.74, 6) is 0.513. The minimum Gasteiger partial charge on any atom is -0.440 e. The zero-order chi connectivity index (χ0) is 25.3. The highest BCUT2D eigenvalue weighted by molar-refractivity contribution is 8.23. The number of nitrogens with two attached hydrogens (primary N) is 1. The summed E-state index contributed by atoms with van der Waals surface area (Å²) in [6, 6.07) is 10.3. The molecule has 1 fully saturated rings. The number of thioether (sulfide) groups is 1. The summed E-state index contributed by atoms with van der Waals surface area (Å²) in [6.45, 7) is 0. The van der Waals surface area contributed by atoms with Gasteiger partial charge in [0.2, 0.25) is 10.0 Å². The second-order valence-corrected chi connectivity index (χ2v) is 12.2. The first kappa shape index (κ1) is 26.1. The molecular formula is C23H23ClFN3O4S3. The molecule has 3 N–H and O–H groups in total. The maximum Gasteiger partial charge on any atom is 0.238 e. The Morgan fingerprint density at radius 1 is 1.20 bits per heavy atom. The number of thiocarbonyl (C=S) groups is 1. The molecule has 7 nitrogen and oxygen atoms in total. The SMILES string of the molecule is CN(O)C(=S)SC1CCC(c2nc(-c3ccc(F)c(Cl)c3)c(-c3ccc(S(N)(=O)=O)cc3)o2)CC1. The summed E-state index contributed by atoms with van der Waals surface area (Å²) < 4.78 is 43.8. The van der Waals surface area contributed by atoms with Gasteiger partial charge < -0.3 is 4.42 Å². The minimum atomic E-state index is -3.84. The van der Waals surface area contributed by atoms with Gasteiger partial charge in [-0.2, -0.15) is 0 Å². The van der Waals surface area contributed by atoms with Crippen molar-refractivity contribution in [3.05, 3.63) is 59.2 Å². The first-order valence-electron chi connectivity index (χ1n) is 10.8. The molecule has 12 heteroatoms. The average molecular weight is 556 g/mol. The molecule has 0 bridgehead atoms. The van der Waals surface area contributed by atoms with Crippen molar-refractivity contribution >= 4 is 49.9 Å². The van der Waals surface area contributed by atoms with Crippen LogP contribution >= 0.6 is 35.6 Å². The minimum absolute atomic E-state index is 0.0189. The Labute approximate surface area is 217 Å². The van der Waals surface area contributed by atoms with Crippen LogP contribution in [0.4, 0.5) is 4.39 Å². The Morgan fingerprint density at radius 3 is 2.40 bits per heavy atom. The maximum atomic E-state index is 13.8. The normalized spacial score (nSPS) is 18.4. The van der Waals surface area contributed by atoms with Gasteiger partial charge in [-0.15, -0.1) is 0 Å². The lowest BCUT2D eigenvalue weighted by Gasteiger charge is -2.27. The number of sulfonamides is 1. The van der Waals surface area contributed by atoms with Crippen LogP contribution in [0, 0.1) is 5.82 Å². The zero-order valence-electron chi connectivity index (χ0n) is 18.6. The molecule has 1 aromatic heterocycles. The van der Waals surface area contributed by atoms with E-state index in [-0.39, 0.29) is 15.8 Å². The Kier molecular flexibility index (Phi) is 7.84. The number of hydroxylamine groups is 2. The third kappa shape index (κ3) is 6.04. The van der Waals surface area contributed by atoms with Crippen LogP contribution < -0.4 is 5.14 Å². The van der Waals surface area contributed by atoms with E-state index >= 15 is 0 Å². The van der Waals surface area contributed by atoms with Gasteiger partial charge in [0.1, 0.15) is 11.5 Å². The first-order chi connectivity index (χ1) is 16.5. The first-order valence-corrected chi connectivity index (χ1v) is 14.0. The molecule has 0 spiro atoms. The molecule has 1 saturated carbocycles.